The van der Waals surface area contributed by atoms with Crippen LogP contribution in [-0.2, 0) is 10.0 Å². The van der Waals surface area contributed by atoms with Crippen LogP contribution in [0.5, 0.6) is 0 Å². The van der Waals surface area contributed by atoms with Crippen LogP contribution in [0, 0.1) is 13.8 Å². The summed E-state index contributed by atoms with van der Waals surface area (Å²) in [6.07, 6.45) is 3.29. The van der Waals surface area contributed by atoms with Crippen LogP contribution in [0.15, 0.2) is 58.7 Å². The van der Waals surface area contributed by atoms with E-state index in [0.29, 0.717) is 5.56 Å². The Bertz CT molecular complexity index is 988. The van der Waals surface area contributed by atoms with Gasteiger partial charge < -0.3 is 4.98 Å². The predicted octanol–water partition coefficient (Wildman–Crippen LogP) is 3.10. The maximum atomic E-state index is 12.4. The van der Waals surface area contributed by atoms with Crippen molar-refractivity contribution in [2.24, 2.45) is 5.10 Å². The normalized spacial score (nSPS) is 12.1. The van der Waals surface area contributed by atoms with Gasteiger partial charge in [-0.3, -0.25) is 0 Å². The molecule has 1 aromatic heterocycles. The molecule has 3 aromatic rings. The lowest BCUT2D eigenvalue weighted by Crippen LogP contribution is -2.19. The first-order chi connectivity index (χ1) is 11.0. The summed E-state index contributed by atoms with van der Waals surface area (Å²) >= 11 is 0. The second kappa shape index (κ2) is 5.89. The first-order valence-corrected chi connectivity index (χ1v) is 8.64. The Morgan fingerprint density at radius 2 is 1.91 bits per heavy atom. The zero-order valence-electron chi connectivity index (χ0n) is 12.9. The Morgan fingerprint density at radius 3 is 2.74 bits per heavy atom. The number of fused-ring (bicyclic) bond motifs is 1. The second-order valence-corrected chi connectivity index (χ2v) is 7.04. The minimum Gasteiger partial charge on any atom is -0.361 e. The highest BCUT2D eigenvalue weighted by atomic mass is 32.2. The van der Waals surface area contributed by atoms with Crippen LogP contribution in [0.2, 0.25) is 0 Å². The van der Waals surface area contributed by atoms with Crippen molar-refractivity contribution >= 4 is 27.1 Å². The number of rotatable bonds is 4. The molecule has 0 saturated heterocycles. The summed E-state index contributed by atoms with van der Waals surface area (Å²) in [5.74, 6) is 0. The monoisotopic (exact) mass is 327 g/mol. The quantitative estimate of drug-likeness (QED) is 0.571. The number of benzene rings is 2. The Morgan fingerprint density at radius 1 is 1.13 bits per heavy atom. The van der Waals surface area contributed by atoms with Gasteiger partial charge in [0.2, 0.25) is 0 Å². The fraction of sp³-hybridized carbons (Fsp3) is 0.118. The van der Waals surface area contributed by atoms with E-state index in [0.717, 1.165) is 22.0 Å². The third-order valence-corrected chi connectivity index (χ3v) is 5.00. The van der Waals surface area contributed by atoms with Gasteiger partial charge in [-0.2, -0.15) is 13.5 Å². The molecule has 6 heteroatoms. The number of hydrogen-bond donors (Lipinski definition) is 2. The van der Waals surface area contributed by atoms with E-state index in [1.807, 2.05) is 37.3 Å². The predicted molar refractivity (Wildman–Crippen MR) is 92.1 cm³/mol. The highest BCUT2D eigenvalue weighted by Crippen LogP contribution is 2.17. The molecule has 5 nitrogen and oxygen atoms in total. The van der Waals surface area contributed by atoms with E-state index in [-0.39, 0.29) is 4.90 Å². The molecule has 0 saturated carbocycles. The van der Waals surface area contributed by atoms with Crippen molar-refractivity contribution in [1.82, 2.24) is 9.82 Å². The van der Waals surface area contributed by atoms with E-state index in [1.54, 1.807) is 25.3 Å². The minimum atomic E-state index is -3.68. The molecule has 23 heavy (non-hydrogen) atoms. The van der Waals surface area contributed by atoms with Crippen LogP contribution in [0.25, 0.3) is 10.9 Å². The third-order valence-electron chi connectivity index (χ3n) is 3.63. The Kier molecular flexibility index (Phi) is 3.92. The summed E-state index contributed by atoms with van der Waals surface area (Å²) in [6, 6.07) is 13.1. The van der Waals surface area contributed by atoms with E-state index in [4.69, 9.17) is 0 Å². The molecule has 0 aliphatic heterocycles. The van der Waals surface area contributed by atoms with E-state index >= 15 is 0 Å². The lowest BCUT2D eigenvalue weighted by molar-refractivity contribution is 0.584. The summed E-state index contributed by atoms with van der Waals surface area (Å²) in [5.41, 5.74) is 3.37. The first kappa shape index (κ1) is 15.3. The SMILES string of the molecule is Cc1ccc(C)c(S(=O)(=O)NN=Cc2c[nH]c3ccccc23)c1. The second-order valence-electron chi connectivity index (χ2n) is 5.41. The zero-order chi connectivity index (χ0) is 16.4. The first-order valence-electron chi connectivity index (χ1n) is 7.15. The highest BCUT2D eigenvalue weighted by molar-refractivity contribution is 7.89. The average molecular weight is 327 g/mol. The highest BCUT2D eigenvalue weighted by Gasteiger charge is 2.15. The standard InChI is InChI=1S/C17H17N3O2S/c1-12-7-8-13(2)17(9-12)23(21,22)20-19-11-14-10-18-16-6-4-3-5-15(14)16/h3-11,18,20H,1-2H3. The molecule has 0 spiro atoms. The molecule has 0 aliphatic carbocycles. The van der Waals surface area contributed by atoms with Gasteiger partial charge in [0.1, 0.15) is 0 Å². The molecule has 118 valence electrons. The van der Waals surface area contributed by atoms with Gasteiger partial charge in [0.05, 0.1) is 11.1 Å². The number of hydrazone groups is 1. The molecule has 0 amide bonds. The summed E-state index contributed by atoms with van der Waals surface area (Å²) in [6.45, 7) is 3.62. The average Bonchev–Trinajstić information content (AvgIpc) is 2.93. The molecule has 0 unspecified atom stereocenters. The third kappa shape index (κ3) is 3.12. The van der Waals surface area contributed by atoms with E-state index in [1.165, 1.54) is 6.21 Å². The number of para-hydroxylation sites is 1. The zero-order valence-corrected chi connectivity index (χ0v) is 13.7. The van der Waals surface area contributed by atoms with E-state index in [9.17, 15) is 8.42 Å². The van der Waals surface area contributed by atoms with Crippen LogP contribution >= 0.6 is 0 Å². The van der Waals surface area contributed by atoms with Crippen molar-refractivity contribution in [2.45, 2.75) is 18.7 Å². The molecule has 0 aliphatic rings. The van der Waals surface area contributed by atoms with Crippen LogP contribution in [0.3, 0.4) is 0 Å². The number of aryl methyl sites for hydroxylation is 2. The molecule has 0 fully saturated rings. The van der Waals surface area contributed by atoms with Gasteiger partial charge in [0.15, 0.2) is 0 Å². The van der Waals surface area contributed by atoms with Crippen molar-refractivity contribution in [3.8, 4) is 0 Å². The minimum absolute atomic E-state index is 0.244. The number of nitrogens with zero attached hydrogens (tertiary/aromatic N) is 1. The molecular weight excluding hydrogens is 310 g/mol. The summed E-state index contributed by atoms with van der Waals surface area (Å²) in [7, 11) is -3.68. The maximum absolute atomic E-state index is 12.4. The number of aromatic amines is 1. The summed E-state index contributed by atoms with van der Waals surface area (Å²) in [4.78, 5) is 5.63. The molecular formula is C17H17N3O2S. The summed E-state index contributed by atoms with van der Waals surface area (Å²) < 4.78 is 24.7. The van der Waals surface area contributed by atoms with Gasteiger partial charge in [0.25, 0.3) is 10.0 Å². The lowest BCUT2D eigenvalue weighted by Gasteiger charge is -2.07. The number of aromatic nitrogens is 1. The van der Waals surface area contributed by atoms with Gasteiger partial charge in [-0.25, -0.2) is 4.83 Å². The van der Waals surface area contributed by atoms with Crippen molar-refractivity contribution in [1.29, 1.82) is 0 Å². The van der Waals surface area contributed by atoms with Crippen molar-refractivity contribution in [2.75, 3.05) is 0 Å². The number of hydrogen-bond acceptors (Lipinski definition) is 3. The Hall–Kier alpha value is -2.60. The van der Waals surface area contributed by atoms with E-state index in [2.05, 4.69) is 14.9 Å². The van der Waals surface area contributed by atoms with Crippen LogP contribution in [0.4, 0.5) is 0 Å². The van der Waals surface area contributed by atoms with Crippen molar-refractivity contribution < 1.29 is 8.42 Å². The molecule has 1 heterocycles. The molecule has 0 atom stereocenters. The van der Waals surface area contributed by atoms with Gasteiger partial charge in [-0.1, -0.05) is 30.3 Å². The maximum Gasteiger partial charge on any atom is 0.276 e. The van der Waals surface area contributed by atoms with Crippen LogP contribution < -0.4 is 4.83 Å². The smallest absolute Gasteiger partial charge is 0.276 e. The molecule has 2 aromatic carbocycles. The van der Waals surface area contributed by atoms with Gasteiger partial charge in [0, 0.05) is 22.7 Å². The van der Waals surface area contributed by atoms with Gasteiger partial charge in [-0.05, 0) is 37.1 Å². The van der Waals surface area contributed by atoms with Crippen LogP contribution in [0.1, 0.15) is 16.7 Å². The fourth-order valence-corrected chi connectivity index (χ4v) is 3.53. The Labute approximate surface area is 135 Å². The lowest BCUT2D eigenvalue weighted by atomic mass is 10.2. The van der Waals surface area contributed by atoms with Crippen molar-refractivity contribution in [3.63, 3.8) is 0 Å². The number of sulfonamides is 1. The number of H-pyrrole nitrogens is 1. The largest absolute Gasteiger partial charge is 0.361 e. The molecule has 0 bridgehead atoms. The summed E-state index contributed by atoms with van der Waals surface area (Å²) in [5, 5.41) is 4.89. The van der Waals surface area contributed by atoms with E-state index < -0.39 is 10.0 Å². The Balaban J connectivity index is 1.85. The molecule has 0 radical (unpaired) electrons. The fourth-order valence-electron chi connectivity index (χ4n) is 2.41. The van der Waals surface area contributed by atoms with Crippen LogP contribution in [-0.4, -0.2) is 19.6 Å². The van der Waals surface area contributed by atoms with Gasteiger partial charge >= 0.3 is 0 Å². The topological polar surface area (TPSA) is 74.3 Å². The molecule has 2 N–H and O–H groups in total. The van der Waals surface area contributed by atoms with Crippen molar-refractivity contribution in [3.05, 3.63) is 65.4 Å². The van der Waals surface area contributed by atoms with Gasteiger partial charge in [-0.15, -0.1) is 0 Å². The number of nitrogens with one attached hydrogen (secondary N) is 2. The molecule has 3 rings (SSSR count).